The van der Waals surface area contributed by atoms with Gasteiger partial charge in [0.1, 0.15) is 24.7 Å². The molecule has 2 aromatic carbocycles. The Bertz CT molecular complexity index is 1960. The van der Waals surface area contributed by atoms with Crippen molar-refractivity contribution in [2.24, 2.45) is 0 Å². The number of ether oxygens (including phenoxy) is 2. The third-order valence-electron chi connectivity index (χ3n) is 7.40. The summed E-state index contributed by atoms with van der Waals surface area (Å²) in [6.45, 7) is 9.04. The van der Waals surface area contributed by atoms with Crippen molar-refractivity contribution in [2.75, 3.05) is 25.1 Å². The van der Waals surface area contributed by atoms with E-state index in [0.717, 1.165) is 39.9 Å². The van der Waals surface area contributed by atoms with Gasteiger partial charge < -0.3 is 14.8 Å². The Morgan fingerprint density at radius 1 is 0.979 bits per heavy atom. The van der Waals surface area contributed by atoms with Crippen LogP contribution in [0, 0.1) is 12.7 Å². The molecule has 5 rings (SSSR count). The largest absolute Gasteiger partial charge is 0.460 e. The maximum Gasteiger partial charge on any atom is 0.410 e. The van der Waals surface area contributed by atoms with Gasteiger partial charge in [-0.2, -0.15) is 5.10 Å². The fraction of sp³-hybridized carbons (Fsp3) is 0.278. The van der Waals surface area contributed by atoms with Crippen LogP contribution in [0.5, 0.6) is 0 Å². The van der Waals surface area contributed by atoms with Crippen molar-refractivity contribution in [2.45, 2.75) is 46.7 Å². The number of aryl methyl sites for hydroxylation is 1. The number of amides is 2. The molecular formula is C36H37FN6O5. The number of nitrogens with zero attached hydrogens (tertiary/aromatic N) is 5. The van der Waals surface area contributed by atoms with Crippen molar-refractivity contribution in [1.29, 1.82) is 0 Å². The number of carbonyl (C=O) groups is 3. The molecule has 3 aromatic heterocycles. The maximum atomic E-state index is 14.6. The Morgan fingerprint density at radius 2 is 1.77 bits per heavy atom. The molecule has 2 amide bonds. The number of aromatic nitrogens is 4. The van der Waals surface area contributed by atoms with Gasteiger partial charge >= 0.3 is 12.1 Å². The smallest absolute Gasteiger partial charge is 0.410 e. The summed E-state index contributed by atoms with van der Waals surface area (Å²) in [5, 5.41) is 8.30. The molecule has 11 nitrogen and oxygen atoms in total. The normalized spacial score (nSPS) is 11.3. The minimum absolute atomic E-state index is 0.0721. The van der Waals surface area contributed by atoms with E-state index in [9.17, 15) is 18.8 Å². The predicted molar refractivity (Wildman–Crippen MR) is 180 cm³/mol. The quantitative estimate of drug-likeness (QED) is 0.166. The third kappa shape index (κ3) is 8.00. The molecule has 0 radical (unpaired) electrons. The average Bonchev–Trinajstić information content (AvgIpc) is 3.45. The number of anilines is 1. The predicted octanol–water partition coefficient (Wildman–Crippen LogP) is 6.66. The molecule has 0 saturated heterocycles. The summed E-state index contributed by atoms with van der Waals surface area (Å²) < 4.78 is 26.5. The lowest BCUT2D eigenvalue weighted by atomic mass is 10.0. The molecule has 0 aliphatic heterocycles. The number of para-hydroxylation sites is 1. The van der Waals surface area contributed by atoms with Gasteiger partial charge in [0.15, 0.2) is 0 Å². The highest BCUT2D eigenvalue weighted by molar-refractivity contribution is 5.98. The Labute approximate surface area is 277 Å². The molecule has 3 heterocycles. The second-order valence-electron chi connectivity index (χ2n) is 12.1. The van der Waals surface area contributed by atoms with Crippen LogP contribution in [0.2, 0.25) is 0 Å². The van der Waals surface area contributed by atoms with Gasteiger partial charge in [-0.3, -0.25) is 24.3 Å². The number of nitrogens with one attached hydrogen (secondary N) is 1. The summed E-state index contributed by atoms with van der Waals surface area (Å²) in [5.41, 5.74) is 3.91. The first-order valence-electron chi connectivity index (χ1n) is 15.5. The summed E-state index contributed by atoms with van der Waals surface area (Å²) in [7, 11) is 0. The van der Waals surface area contributed by atoms with Gasteiger partial charge in [-0.15, -0.1) is 0 Å². The van der Waals surface area contributed by atoms with Gasteiger partial charge in [0.2, 0.25) is 5.91 Å². The molecule has 1 N–H and O–H groups in total. The molecule has 0 aliphatic rings. The van der Waals surface area contributed by atoms with E-state index in [0.29, 0.717) is 11.4 Å². The number of hydrogen-bond acceptors (Lipinski definition) is 8. The average molecular weight is 653 g/mol. The van der Waals surface area contributed by atoms with Gasteiger partial charge in [-0.25, -0.2) is 14.0 Å². The highest BCUT2D eigenvalue weighted by Crippen LogP contribution is 2.34. The van der Waals surface area contributed by atoms with Crippen molar-refractivity contribution in [3.05, 3.63) is 96.2 Å². The van der Waals surface area contributed by atoms with Crippen molar-refractivity contribution >= 4 is 34.6 Å². The minimum atomic E-state index is -0.806. The number of esters is 1. The van der Waals surface area contributed by atoms with E-state index in [4.69, 9.17) is 14.6 Å². The Hall–Kier alpha value is -5.65. The van der Waals surface area contributed by atoms with Crippen molar-refractivity contribution in [1.82, 2.24) is 24.6 Å². The number of pyridine rings is 2. The SMILES string of the molecule is CCOC(=O)N(CCOC(=O)c1cc(F)cc(NC(=O)Cn2cc(-c3ccnc4ccccc34)c(-c3cccc(C)n3)n2)c1)C(C)(C)C. The summed E-state index contributed by atoms with van der Waals surface area (Å²) in [4.78, 5) is 49.0. The van der Waals surface area contributed by atoms with Gasteiger partial charge in [-0.1, -0.05) is 24.3 Å². The standard InChI is InChI=1S/C36H37FN6O5/c1-6-47-35(46)43(36(3,4)5)16-17-48-34(45)24-18-25(37)20-26(19-24)40-32(44)22-42-21-29(33(41-42)31-13-9-10-23(2)39-31)27-14-15-38-30-12-8-7-11-28(27)30/h7-15,18-21H,6,16-17,22H2,1-5H3,(H,40,44). The Kier molecular flexibility index (Phi) is 10.1. The van der Waals surface area contributed by atoms with Crippen molar-refractivity contribution in [3.63, 3.8) is 0 Å². The zero-order valence-electron chi connectivity index (χ0n) is 27.5. The third-order valence-corrected chi connectivity index (χ3v) is 7.40. The number of carbonyl (C=O) groups excluding carboxylic acids is 3. The molecule has 0 aliphatic carbocycles. The van der Waals surface area contributed by atoms with Crippen LogP contribution >= 0.6 is 0 Å². The van der Waals surface area contributed by atoms with E-state index < -0.39 is 29.3 Å². The zero-order chi connectivity index (χ0) is 34.4. The van der Waals surface area contributed by atoms with E-state index in [-0.39, 0.29) is 37.6 Å². The fourth-order valence-corrected chi connectivity index (χ4v) is 5.24. The maximum absolute atomic E-state index is 14.6. The Balaban J connectivity index is 1.33. The van der Waals surface area contributed by atoms with Crippen LogP contribution in [0.25, 0.3) is 33.4 Å². The molecule has 12 heteroatoms. The first kappa shape index (κ1) is 33.7. The molecule has 248 valence electrons. The Morgan fingerprint density at radius 3 is 2.52 bits per heavy atom. The molecule has 0 spiro atoms. The first-order valence-corrected chi connectivity index (χ1v) is 15.5. The summed E-state index contributed by atoms with van der Waals surface area (Å²) in [5.74, 6) is -2.03. The van der Waals surface area contributed by atoms with E-state index in [1.54, 1.807) is 19.3 Å². The molecule has 0 fully saturated rings. The van der Waals surface area contributed by atoms with Crippen molar-refractivity contribution in [3.8, 4) is 22.5 Å². The van der Waals surface area contributed by atoms with Crippen LogP contribution in [0.4, 0.5) is 14.9 Å². The van der Waals surface area contributed by atoms with E-state index in [2.05, 4.69) is 15.3 Å². The number of fused-ring (bicyclic) bond motifs is 1. The number of hydrogen-bond donors (Lipinski definition) is 1. The molecule has 0 bridgehead atoms. The van der Waals surface area contributed by atoms with E-state index >= 15 is 0 Å². The lowest BCUT2D eigenvalue weighted by Gasteiger charge is -2.34. The lowest BCUT2D eigenvalue weighted by Crippen LogP contribution is -2.47. The van der Waals surface area contributed by atoms with E-state index in [1.807, 2.05) is 76.2 Å². The van der Waals surface area contributed by atoms with Crippen LogP contribution in [0.1, 0.15) is 43.7 Å². The van der Waals surface area contributed by atoms with Crippen LogP contribution in [-0.2, 0) is 20.8 Å². The van der Waals surface area contributed by atoms with Crippen molar-refractivity contribution < 1.29 is 28.2 Å². The first-order chi connectivity index (χ1) is 22.9. The summed E-state index contributed by atoms with van der Waals surface area (Å²) >= 11 is 0. The molecule has 0 saturated carbocycles. The topological polar surface area (TPSA) is 129 Å². The van der Waals surface area contributed by atoms with Crippen LogP contribution in [-0.4, -0.2) is 67.9 Å². The number of rotatable bonds is 10. The number of halogens is 1. The fourth-order valence-electron chi connectivity index (χ4n) is 5.24. The molecule has 0 atom stereocenters. The zero-order valence-corrected chi connectivity index (χ0v) is 27.5. The van der Waals surface area contributed by atoms with Crippen LogP contribution in [0.15, 0.2) is 79.1 Å². The molecule has 48 heavy (non-hydrogen) atoms. The van der Waals surface area contributed by atoms with Gasteiger partial charge in [-0.05, 0) is 82.6 Å². The lowest BCUT2D eigenvalue weighted by molar-refractivity contribution is -0.116. The monoisotopic (exact) mass is 652 g/mol. The number of benzene rings is 2. The molecule has 0 unspecified atom stereocenters. The second-order valence-corrected chi connectivity index (χ2v) is 12.1. The highest BCUT2D eigenvalue weighted by atomic mass is 19.1. The minimum Gasteiger partial charge on any atom is -0.460 e. The molecular weight excluding hydrogens is 615 g/mol. The second kappa shape index (κ2) is 14.4. The summed E-state index contributed by atoms with van der Waals surface area (Å²) in [6, 6.07) is 18.7. The van der Waals surface area contributed by atoms with Gasteiger partial charge in [0.05, 0.1) is 29.9 Å². The van der Waals surface area contributed by atoms with Crippen LogP contribution in [0.3, 0.4) is 0 Å². The highest BCUT2D eigenvalue weighted by Gasteiger charge is 2.28. The van der Waals surface area contributed by atoms with E-state index in [1.165, 1.54) is 15.6 Å². The van der Waals surface area contributed by atoms with Crippen LogP contribution < -0.4 is 5.32 Å². The summed E-state index contributed by atoms with van der Waals surface area (Å²) in [6.07, 6.45) is 2.96. The van der Waals surface area contributed by atoms with Gasteiger partial charge in [0, 0.05) is 40.3 Å². The van der Waals surface area contributed by atoms with Gasteiger partial charge in [0.25, 0.3) is 0 Å². The molecule has 5 aromatic rings.